The summed E-state index contributed by atoms with van der Waals surface area (Å²) in [6, 6.07) is 1.81. The Morgan fingerprint density at radius 3 is 2.80 bits per heavy atom. The lowest BCUT2D eigenvalue weighted by molar-refractivity contribution is 0.00735. The number of amides is 1. The zero-order chi connectivity index (χ0) is 14.9. The van der Waals surface area contributed by atoms with Gasteiger partial charge in [-0.2, -0.15) is 5.10 Å². The van der Waals surface area contributed by atoms with Crippen molar-refractivity contribution in [1.82, 2.24) is 15.1 Å². The van der Waals surface area contributed by atoms with Crippen molar-refractivity contribution in [1.29, 1.82) is 0 Å². The van der Waals surface area contributed by atoms with Crippen LogP contribution in [-0.2, 0) is 11.8 Å². The lowest BCUT2D eigenvalue weighted by atomic mass is 9.81. The van der Waals surface area contributed by atoms with E-state index < -0.39 is 0 Å². The Balaban J connectivity index is 1.95. The van der Waals surface area contributed by atoms with Crippen LogP contribution in [0.1, 0.15) is 43.4 Å². The summed E-state index contributed by atoms with van der Waals surface area (Å²) in [6.07, 6.45) is 1.21. The normalized spacial score (nSPS) is 23.1. The Bertz CT molecular complexity index is 488. The summed E-state index contributed by atoms with van der Waals surface area (Å²) >= 11 is 0. The summed E-state index contributed by atoms with van der Waals surface area (Å²) < 4.78 is 7.45. The predicted octanol–water partition coefficient (Wildman–Crippen LogP) is 1.91. The summed E-state index contributed by atoms with van der Waals surface area (Å²) in [5.74, 6) is 0.320. The molecule has 1 saturated heterocycles. The number of nitrogens with one attached hydrogen (secondary N) is 1. The maximum atomic E-state index is 12.2. The minimum absolute atomic E-state index is 0.0624. The first-order chi connectivity index (χ1) is 9.29. The Morgan fingerprint density at radius 2 is 2.25 bits per heavy atom. The Hall–Kier alpha value is -1.36. The van der Waals surface area contributed by atoms with E-state index in [-0.39, 0.29) is 17.4 Å². The molecule has 0 spiro atoms. The van der Waals surface area contributed by atoms with Crippen LogP contribution in [0.4, 0.5) is 0 Å². The van der Waals surface area contributed by atoms with Crippen molar-refractivity contribution in [2.45, 2.75) is 40.2 Å². The molecule has 2 heterocycles. The first-order valence-electron chi connectivity index (χ1n) is 7.19. The van der Waals surface area contributed by atoms with E-state index in [0.717, 1.165) is 18.7 Å². The molecule has 2 rings (SSSR count). The fourth-order valence-electron chi connectivity index (χ4n) is 2.94. The highest BCUT2D eigenvalue weighted by Crippen LogP contribution is 2.34. The van der Waals surface area contributed by atoms with Crippen LogP contribution in [0.2, 0.25) is 0 Å². The number of hydrogen-bond acceptors (Lipinski definition) is 3. The van der Waals surface area contributed by atoms with Crippen molar-refractivity contribution < 1.29 is 9.53 Å². The van der Waals surface area contributed by atoms with Crippen LogP contribution in [0.3, 0.4) is 0 Å². The Kier molecular flexibility index (Phi) is 4.18. The first kappa shape index (κ1) is 15.0. The Labute approximate surface area is 120 Å². The summed E-state index contributed by atoms with van der Waals surface area (Å²) in [5.41, 5.74) is 1.57. The molecule has 20 heavy (non-hydrogen) atoms. The zero-order valence-corrected chi connectivity index (χ0v) is 13.1. The van der Waals surface area contributed by atoms with Crippen LogP contribution in [-0.4, -0.2) is 34.9 Å². The summed E-state index contributed by atoms with van der Waals surface area (Å²) in [6.45, 7) is 9.88. The van der Waals surface area contributed by atoms with E-state index in [2.05, 4.69) is 31.2 Å². The lowest BCUT2D eigenvalue weighted by Gasteiger charge is -2.31. The third-order valence-electron chi connectivity index (χ3n) is 3.83. The van der Waals surface area contributed by atoms with Gasteiger partial charge in [-0.15, -0.1) is 0 Å². The quantitative estimate of drug-likeness (QED) is 0.919. The highest BCUT2D eigenvalue weighted by Gasteiger charge is 2.37. The van der Waals surface area contributed by atoms with Crippen molar-refractivity contribution in [2.24, 2.45) is 18.4 Å². The van der Waals surface area contributed by atoms with Gasteiger partial charge in [0.05, 0.1) is 11.8 Å². The highest BCUT2D eigenvalue weighted by atomic mass is 16.5. The van der Waals surface area contributed by atoms with Gasteiger partial charge in [0, 0.05) is 26.1 Å². The molecule has 0 aromatic carbocycles. The molecule has 5 nitrogen and oxygen atoms in total. The van der Waals surface area contributed by atoms with Crippen LogP contribution < -0.4 is 5.32 Å². The third kappa shape index (κ3) is 3.20. The number of aryl methyl sites for hydroxylation is 2. The van der Waals surface area contributed by atoms with Crippen molar-refractivity contribution in [3.8, 4) is 0 Å². The smallest absolute Gasteiger partial charge is 0.269 e. The van der Waals surface area contributed by atoms with Crippen LogP contribution in [0, 0.1) is 18.3 Å². The molecule has 112 valence electrons. The summed E-state index contributed by atoms with van der Waals surface area (Å²) in [4.78, 5) is 12.2. The van der Waals surface area contributed by atoms with Crippen LogP contribution >= 0.6 is 0 Å². The summed E-state index contributed by atoms with van der Waals surface area (Å²) in [7, 11) is 1.79. The average Bonchev–Trinajstić information content (AvgIpc) is 2.91. The van der Waals surface area contributed by atoms with Crippen LogP contribution in [0.5, 0.6) is 0 Å². The molecule has 1 aliphatic heterocycles. The van der Waals surface area contributed by atoms with Gasteiger partial charge in [-0.3, -0.25) is 9.48 Å². The van der Waals surface area contributed by atoms with E-state index in [1.165, 1.54) is 0 Å². The van der Waals surface area contributed by atoms with Gasteiger partial charge in [0.1, 0.15) is 5.69 Å². The summed E-state index contributed by atoms with van der Waals surface area (Å²) in [5, 5.41) is 7.21. The van der Waals surface area contributed by atoms with Gasteiger partial charge in [0.2, 0.25) is 0 Å². The van der Waals surface area contributed by atoms with E-state index in [0.29, 0.717) is 18.2 Å². The number of aromatic nitrogens is 2. The first-order valence-corrected chi connectivity index (χ1v) is 7.19. The van der Waals surface area contributed by atoms with Gasteiger partial charge in [-0.1, -0.05) is 20.8 Å². The molecule has 5 heteroatoms. The number of carbonyl (C=O) groups excluding carboxylic acids is 1. The fraction of sp³-hybridized carbons (Fsp3) is 0.733. The van der Waals surface area contributed by atoms with Gasteiger partial charge < -0.3 is 10.1 Å². The molecule has 0 radical (unpaired) electrons. The zero-order valence-electron chi connectivity index (χ0n) is 13.1. The SMILES string of the molecule is Cc1cc(C(=O)NC[C@H]2CCO[C@@H]2C(C)(C)C)n(C)n1. The monoisotopic (exact) mass is 279 g/mol. The van der Waals surface area contributed by atoms with Crippen molar-refractivity contribution in [3.63, 3.8) is 0 Å². The molecule has 2 atom stereocenters. The molecule has 0 saturated carbocycles. The van der Waals surface area contributed by atoms with Gasteiger partial charge >= 0.3 is 0 Å². The second kappa shape index (κ2) is 5.56. The largest absolute Gasteiger partial charge is 0.377 e. The predicted molar refractivity (Wildman–Crippen MR) is 77.6 cm³/mol. The number of nitrogens with zero attached hydrogens (tertiary/aromatic N) is 2. The van der Waals surface area contributed by atoms with Gasteiger partial charge in [0.15, 0.2) is 0 Å². The van der Waals surface area contributed by atoms with Gasteiger partial charge in [0.25, 0.3) is 5.91 Å². The molecule has 0 aliphatic carbocycles. The number of rotatable bonds is 3. The lowest BCUT2D eigenvalue weighted by Crippen LogP contribution is -2.39. The highest BCUT2D eigenvalue weighted by molar-refractivity contribution is 5.92. The second-order valence-electron chi connectivity index (χ2n) is 6.71. The topological polar surface area (TPSA) is 56.1 Å². The maximum Gasteiger partial charge on any atom is 0.269 e. The van der Waals surface area contributed by atoms with E-state index in [1.807, 2.05) is 13.0 Å². The van der Waals surface area contributed by atoms with E-state index >= 15 is 0 Å². The molecular formula is C15H25N3O2. The Morgan fingerprint density at radius 1 is 1.55 bits per heavy atom. The molecule has 1 aliphatic rings. The van der Waals surface area contributed by atoms with E-state index in [9.17, 15) is 4.79 Å². The van der Waals surface area contributed by atoms with Crippen LogP contribution in [0.25, 0.3) is 0 Å². The number of carbonyl (C=O) groups is 1. The van der Waals surface area contributed by atoms with Crippen LogP contribution in [0.15, 0.2) is 6.07 Å². The average molecular weight is 279 g/mol. The molecular weight excluding hydrogens is 254 g/mol. The van der Waals surface area contributed by atoms with Gasteiger partial charge in [-0.25, -0.2) is 0 Å². The molecule has 1 N–H and O–H groups in total. The maximum absolute atomic E-state index is 12.2. The van der Waals surface area contributed by atoms with Crippen molar-refractivity contribution in [2.75, 3.05) is 13.2 Å². The molecule has 1 amide bonds. The fourth-order valence-corrected chi connectivity index (χ4v) is 2.94. The molecule has 1 aromatic heterocycles. The van der Waals surface area contributed by atoms with Crippen molar-refractivity contribution in [3.05, 3.63) is 17.5 Å². The number of hydrogen-bond donors (Lipinski definition) is 1. The third-order valence-corrected chi connectivity index (χ3v) is 3.83. The number of ether oxygens (including phenoxy) is 1. The molecule has 0 bridgehead atoms. The minimum Gasteiger partial charge on any atom is -0.377 e. The van der Waals surface area contributed by atoms with Crippen molar-refractivity contribution >= 4 is 5.91 Å². The standard InChI is InChI=1S/C15H25N3O2/c1-10-8-12(18(5)17-10)14(19)16-9-11-6-7-20-13(11)15(2,3)4/h8,11,13H,6-7,9H2,1-5H3,(H,16,19)/t11-,13+/m1/s1. The van der Waals surface area contributed by atoms with E-state index in [4.69, 9.17) is 4.74 Å². The molecule has 0 unspecified atom stereocenters. The molecule has 1 fully saturated rings. The van der Waals surface area contributed by atoms with E-state index in [1.54, 1.807) is 11.7 Å². The second-order valence-corrected chi connectivity index (χ2v) is 6.71. The minimum atomic E-state index is -0.0624. The molecule has 1 aromatic rings. The van der Waals surface area contributed by atoms with Gasteiger partial charge in [-0.05, 0) is 24.8 Å².